The van der Waals surface area contributed by atoms with Crippen LogP contribution in [0.5, 0.6) is 0 Å². The Bertz CT molecular complexity index is 633. The van der Waals surface area contributed by atoms with Crippen molar-refractivity contribution in [2.45, 2.75) is 19.4 Å². The lowest BCUT2D eigenvalue weighted by atomic mass is 10.1. The van der Waals surface area contributed by atoms with E-state index >= 15 is 0 Å². The Balaban J connectivity index is 1.70. The monoisotopic (exact) mass is 273 g/mol. The molecule has 2 aromatic rings. The minimum atomic E-state index is -0.279. The van der Waals surface area contributed by atoms with Crippen LogP contribution in [-0.4, -0.2) is 26.9 Å². The zero-order valence-corrected chi connectivity index (χ0v) is 11.3. The van der Waals surface area contributed by atoms with Crippen molar-refractivity contribution in [1.82, 2.24) is 14.5 Å². The lowest BCUT2D eigenvalue weighted by Gasteiger charge is -2.27. The fraction of sp³-hybridized carbons (Fsp3) is 0.333. The third kappa shape index (κ3) is 2.43. The highest BCUT2D eigenvalue weighted by atomic mass is 19.1. The number of hydrogen-bond donors (Lipinski definition) is 0. The van der Waals surface area contributed by atoms with Crippen molar-refractivity contribution in [3.63, 3.8) is 0 Å². The van der Waals surface area contributed by atoms with Crippen molar-refractivity contribution in [3.05, 3.63) is 53.4 Å². The standard InChI is InChI=1S/C15H16FN3O/c1-18-10-17-13-6-7-19(9-14(13)18)15(20)8-11-2-4-12(16)5-3-11/h2-5,10H,6-9H2,1H3. The molecule has 1 aromatic heterocycles. The number of aromatic nitrogens is 2. The number of nitrogens with zero attached hydrogens (tertiary/aromatic N) is 3. The summed E-state index contributed by atoms with van der Waals surface area (Å²) < 4.78 is 14.8. The van der Waals surface area contributed by atoms with E-state index in [1.54, 1.807) is 18.5 Å². The molecule has 1 aliphatic rings. The number of hydrogen-bond acceptors (Lipinski definition) is 2. The molecule has 0 saturated heterocycles. The van der Waals surface area contributed by atoms with Gasteiger partial charge >= 0.3 is 0 Å². The molecule has 2 heterocycles. The molecule has 0 aliphatic carbocycles. The summed E-state index contributed by atoms with van der Waals surface area (Å²) in [5.41, 5.74) is 3.02. The molecule has 4 nitrogen and oxygen atoms in total. The number of benzene rings is 1. The normalized spacial score (nSPS) is 14.2. The summed E-state index contributed by atoms with van der Waals surface area (Å²) in [6.45, 7) is 1.30. The number of rotatable bonds is 2. The van der Waals surface area contributed by atoms with Gasteiger partial charge in [-0.15, -0.1) is 0 Å². The van der Waals surface area contributed by atoms with E-state index in [0.29, 0.717) is 19.5 Å². The number of amides is 1. The Morgan fingerprint density at radius 1 is 1.35 bits per heavy atom. The molecule has 20 heavy (non-hydrogen) atoms. The molecular weight excluding hydrogens is 257 g/mol. The smallest absolute Gasteiger partial charge is 0.227 e. The molecule has 0 radical (unpaired) electrons. The first kappa shape index (κ1) is 12.8. The summed E-state index contributed by atoms with van der Waals surface area (Å²) in [7, 11) is 1.94. The van der Waals surface area contributed by atoms with E-state index in [9.17, 15) is 9.18 Å². The van der Waals surface area contributed by atoms with Gasteiger partial charge in [0.25, 0.3) is 0 Å². The number of carbonyl (C=O) groups excluding carboxylic acids is 1. The molecule has 0 spiro atoms. The van der Waals surface area contributed by atoms with Crippen LogP contribution in [0.2, 0.25) is 0 Å². The van der Waals surface area contributed by atoms with Gasteiger partial charge in [-0.1, -0.05) is 12.1 Å². The number of imidazole rings is 1. The predicted octanol–water partition coefficient (Wildman–Crippen LogP) is 1.69. The van der Waals surface area contributed by atoms with Crippen LogP contribution in [-0.2, 0) is 31.2 Å². The molecule has 1 amide bonds. The van der Waals surface area contributed by atoms with Gasteiger partial charge in [0, 0.05) is 20.0 Å². The van der Waals surface area contributed by atoms with Crippen LogP contribution in [0.15, 0.2) is 30.6 Å². The van der Waals surface area contributed by atoms with Crippen molar-refractivity contribution in [3.8, 4) is 0 Å². The average molecular weight is 273 g/mol. The maximum Gasteiger partial charge on any atom is 0.227 e. The molecule has 1 aliphatic heterocycles. The summed E-state index contributed by atoms with van der Waals surface area (Å²) >= 11 is 0. The fourth-order valence-corrected chi connectivity index (χ4v) is 2.52. The van der Waals surface area contributed by atoms with Crippen LogP contribution in [0, 0.1) is 5.82 Å². The lowest BCUT2D eigenvalue weighted by Crippen LogP contribution is -2.37. The first-order valence-electron chi connectivity index (χ1n) is 6.65. The van der Waals surface area contributed by atoms with Crippen LogP contribution in [0.25, 0.3) is 0 Å². The third-order valence-corrected chi connectivity index (χ3v) is 3.73. The predicted molar refractivity (Wildman–Crippen MR) is 72.4 cm³/mol. The highest BCUT2D eigenvalue weighted by Crippen LogP contribution is 2.18. The lowest BCUT2D eigenvalue weighted by molar-refractivity contribution is -0.131. The summed E-state index contributed by atoms with van der Waals surface area (Å²) in [5.74, 6) is -0.206. The second-order valence-corrected chi connectivity index (χ2v) is 5.12. The summed E-state index contributed by atoms with van der Waals surface area (Å²) in [6, 6.07) is 6.09. The van der Waals surface area contributed by atoms with E-state index < -0.39 is 0 Å². The van der Waals surface area contributed by atoms with Crippen LogP contribution in [0.3, 0.4) is 0 Å². The van der Waals surface area contributed by atoms with Gasteiger partial charge in [-0.05, 0) is 17.7 Å². The first-order valence-corrected chi connectivity index (χ1v) is 6.65. The van der Waals surface area contributed by atoms with Gasteiger partial charge in [0.1, 0.15) is 5.82 Å². The van der Waals surface area contributed by atoms with E-state index in [4.69, 9.17) is 0 Å². The van der Waals surface area contributed by atoms with E-state index in [-0.39, 0.29) is 11.7 Å². The van der Waals surface area contributed by atoms with Crippen molar-refractivity contribution in [2.24, 2.45) is 7.05 Å². The molecule has 0 fully saturated rings. The van der Waals surface area contributed by atoms with Crippen molar-refractivity contribution in [1.29, 1.82) is 0 Å². The largest absolute Gasteiger partial charge is 0.336 e. The number of aryl methyl sites for hydroxylation is 1. The number of fused-ring (bicyclic) bond motifs is 1. The molecule has 0 atom stereocenters. The van der Waals surface area contributed by atoms with E-state index in [1.165, 1.54) is 12.1 Å². The van der Waals surface area contributed by atoms with E-state index in [0.717, 1.165) is 23.4 Å². The minimum Gasteiger partial charge on any atom is -0.336 e. The van der Waals surface area contributed by atoms with Crippen LogP contribution < -0.4 is 0 Å². The molecular formula is C15H16FN3O. The zero-order valence-electron chi connectivity index (χ0n) is 11.3. The summed E-state index contributed by atoms with van der Waals surface area (Å²) in [5, 5.41) is 0. The topological polar surface area (TPSA) is 38.1 Å². The highest BCUT2D eigenvalue weighted by molar-refractivity contribution is 5.79. The quantitative estimate of drug-likeness (QED) is 0.835. The average Bonchev–Trinajstić information content (AvgIpc) is 2.82. The Morgan fingerprint density at radius 2 is 2.10 bits per heavy atom. The molecule has 0 unspecified atom stereocenters. The fourth-order valence-electron chi connectivity index (χ4n) is 2.52. The molecule has 5 heteroatoms. The Kier molecular flexibility index (Phi) is 3.26. The van der Waals surface area contributed by atoms with Crippen LogP contribution in [0.4, 0.5) is 4.39 Å². The Morgan fingerprint density at radius 3 is 2.85 bits per heavy atom. The van der Waals surface area contributed by atoms with Gasteiger partial charge in [0.15, 0.2) is 0 Å². The van der Waals surface area contributed by atoms with Crippen molar-refractivity contribution < 1.29 is 9.18 Å². The molecule has 104 valence electrons. The minimum absolute atomic E-state index is 0.0726. The van der Waals surface area contributed by atoms with Gasteiger partial charge in [-0.3, -0.25) is 4.79 Å². The maximum atomic E-state index is 12.8. The van der Waals surface area contributed by atoms with Crippen molar-refractivity contribution >= 4 is 5.91 Å². The molecule has 3 rings (SSSR count). The van der Waals surface area contributed by atoms with Gasteiger partial charge in [0.2, 0.25) is 5.91 Å². The van der Waals surface area contributed by atoms with Gasteiger partial charge in [0.05, 0.1) is 30.7 Å². The summed E-state index contributed by atoms with van der Waals surface area (Å²) in [6.07, 6.45) is 2.90. The third-order valence-electron chi connectivity index (χ3n) is 3.73. The Hall–Kier alpha value is -2.17. The number of carbonyl (C=O) groups is 1. The van der Waals surface area contributed by atoms with Gasteiger partial charge in [-0.2, -0.15) is 0 Å². The Labute approximate surface area is 116 Å². The van der Waals surface area contributed by atoms with Crippen LogP contribution >= 0.6 is 0 Å². The van der Waals surface area contributed by atoms with E-state index in [2.05, 4.69) is 4.98 Å². The molecule has 0 bridgehead atoms. The second-order valence-electron chi connectivity index (χ2n) is 5.12. The highest BCUT2D eigenvalue weighted by Gasteiger charge is 2.23. The van der Waals surface area contributed by atoms with Crippen LogP contribution in [0.1, 0.15) is 17.0 Å². The molecule has 1 aromatic carbocycles. The van der Waals surface area contributed by atoms with Gasteiger partial charge < -0.3 is 9.47 Å². The summed E-state index contributed by atoms with van der Waals surface area (Å²) in [4.78, 5) is 18.5. The van der Waals surface area contributed by atoms with Crippen molar-refractivity contribution in [2.75, 3.05) is 6.54 Å². The maximum absolute atomic E-state index is 12.8. The molecule has 0 saturated carbocycles. The molecule has 0 N–H and O–H groups in total. The first-order chi connectivity index (χ1) is 9.63. The second kappa shape index (κ2) is 5.07. The number of halogens is 1. The zero-order chi connectivity index (χ0) is 14.1. The van der Waals surface area contributed by atoms with Gasteiger partial charge in [-0.25, -0.2) is 9.37 Å². The SMILES string of the molecule is Cn1cnc2c1CN(C(=O)Cc1ccc(F)cc1)CC2. The van der Waals surface area contributed by atoms with E-state index in [1.807, 2.05) is 16.5 Å².